The van der Waals surface area contributed by atoms with Gasteiger partial charge in [-0.2, -0.15) is 5.10 Å². The van der Waals surface area contributed by atoms with Crippen molar-refractivity contribution in [1.29, 1.82) is 0 Å². The van der Waals surface area contributed by atoms with E-state index in [2.05, 4.69) is 20.5 Å². The Bertz CT molecular complexity index is 1190. The zero-order valence-electron chi connectivity index (χ0n) is 16.2. The Morgan fingerprint density at radius 2 is 2.03 bits per heavy atom. The molecule has 1 aliphatic carbocycles. The number of benzene rings is 1. The molecule has 150 valence electrons. The molecule has 0 aliphatic heterocycles. The van der Waals surface area contributed by atoms with Gasteiger partial charge < -0.3 is 9.72 Å². The van der Waals surface area contributed by atoms with E-state index < -0.39 is 5.82 Å². The smallest absolute Gasteiger partial charge is 0.212 e. The van der Waals surface area contributed by atoms with Crippen LogP contribution in [0.5, 0.6) is 0 Å². The zero-order valence-corrected chi connectivity index (χ0v) is 16.9. The van der Waals surface area contributed by atoms with Crippen molar-refractivity contribution in [3.63, 3.8) is 0 Å². The Balaban J connectivity index is 0.000000626. The van der Waals surface area contributed by atoms with Gasteiger partial charge in [0.1, 0.15) is 11.5 Å². The van der Waals surface area contributed by atoms with Crippen molar-refractivity contribution < 1.29 is 9.18 Å². The first kappa shape index (κ1) is 19.4. The number of halogens is 2. The maximum Gasteiger partial charge on any atom is 0.212 e. The van der Waals surface area contributed by atoms with Gasteiger partial charge in [0.15, 0.2) is 5.82 Å². The van der Waals surface area contributed by atoms with Gasteiger partial charge in [-0.25, -0.2) is 9.37 Å². The number of nitrogens with one attached hydrogen (secondary N) is 2. The molecular weight excluding hydrogens is 393 g/mol. The van der Waals surface area contributed by atoms with Crippen LogP contribution in [0.2, 0.25) is 5.02 Å². The van der Waals surface area contributed by atoms with Gasteiger partial charge in [0.25, 0.3) is 0 Å². The van der Waals surface area contributed by atoms with Gasteiger partial charge in [0.2, 0.25) is 6.41 Å². The molecular formula is C21H21ClFN5O. The van der Waals surface area contributed by atoms with Crippen LogP contribution in [0.1, 0.15) is 44.6 Å². The molecule has 8 heteroatoms. The van der Waals surface area contributed by atoms with Gasteiger partial charge in [0.05, 0.1) is 22.9 Å². The summed E-state index contributed by atoms with van der Waals surface area (Å²) in [5.74, 6) is -0.0573. The fraction of sp³-hybridized carbons (Fsp3) is 0.286. The maximum atomic E-state index is 15.0. The number of carbonyl (C=O) groups is 1. The number of amides is 1. The molecule has 1 aliphatic rings. The first-order valence-corrected chi connectivity index (χ1v) is 9.92. The molecule has 0 atom stereocenters. The van der Waals surface area contributed by atoms with Crippen molar-refractivity contribution in [2.24, 2.45) is 0 Å². The van der Waals surface area contributed by atoms with Crippen LogP contribution in [0.3, 0.4) is 0 Å². The molecule has 0 unspecified atom stereocenters. The highest BCUT2D eigenvalue weighted by Gasteiger charge is 2.23. The van der Waals surface area contributed by atoms with Gasteiger partial charge in [-0.1, -0.05) is 44.7 Å². The highest BCUT2D eigenvalue weighted by molar-refractivity contribution is 6.35. The molecule has 0 bridgehead atoms. The number of rotatable bonds is 4. The number of anilines is 1. The summed E-state index contributed by atoms with van der Waals surface area (Å²) in [6.07, 6.45) is 10.2. The first-order valence-electron chi connectivity index (χ1n) is 9.54. The zero-order chi connectivity index (χ0) is 20.5. The molecule has 4 aromatic rings. The van der Waals surface area contributed by atoms with Gasteiger partial charge in [-0.15, -0.1) is 0 Å². The molecule has 3 aromatic heterocycles. The maximum absolute atomic E-state index is 15.0. The molecule has 1 fully saturated rings. The Kier molecular flexibility index (Phi) is 5.24. The third-order valence-electron chi connectivity index (χ3n) is 4.70. The van der Waals surface area contributed by atoms with E-state index in [0.717, 1.165) is 10.9 Å². The Morgan fingerprint density at radius 1 is 1.28 bits per heavy atom. The lowest BCUT2D eigenvalue weighted by molar-refractivity contribution is -0.105. The minimum absolute atomic E-state index is 0.0439. The topological polar surface area (TPSA) is 75.1 Å². The van der Waals surface area contributed by atoms with Gasteiger partial charge in [0, 0.05) is 28.3 Å². The van der Waals surface area contributed by atoms with Crippen LogP contribution < -0.4 is 5.32 Å². The molecule has 0 saturated heterocycles. The average Bonchev–Trinajstić information content (AvgIpc) is 3.41. The summed E-state index contributed by atoms with van der Waals surface area (Å²) in [5.41, 5.74) is 3.10. The van der Waals surface area contributed by atoms with Crippen molar-refractivity contribution in [3.05, 3.63) is 47.1 Å². The summed E-state index contributed by atoms with van der Waals surface area (Å²) in [5, 5.41) is 10.3. The fourth-order valence-electron chi connectivity index (χ4n) is 3.23. The van der Waals surface area contributed by atoms with Crippen molar-refractivity contribution in [2.45, 2.75) is 39.0 Å². The molecule has 0 spiro atoms. The molecule has 3 heterocycles. The van der Waals surface area contributed by atoms with Gasteiger partial charge >= 0.3 is 0 Å². The Labute approximate surface area is 172 Å². The average molecular weight is 414 g/mol. The van der Waals surface area contributed by atoms with E-state index in [1.165, 1.54) is 19.3 Å². The predicted molar refractivity (Wildman–Crippen MR) is 113 cm³/mol. The summed E-state index contributed by atoms with van der Waals surface area (Å²) in [4.78, 5) is 14.9. The number of fused-ring (bicyclic) bond motifs is 2. The van der Waals surface area contributed by atoms with Crippen LogP contribution in [0.25, 0.3) is 27.7 Å². The van der Waals surface area contributed by atoms with E-state index in [9.17, 15) is 9.18 Å². The third-order valence-corrected chi connectivity index (χ3v) is 5.06. The van der Waals surface area contributed by atoms with Crippen molar-refractivity contribution >= 4 is 40.4 Å². The second-order valence-corrected chi connectivity index (χ2v) is 7.74. The molecule has 29 heavy (non-hydrogen) atoms. The lowest BCUT2D eigenvalue weighted by Crippen LogP contribution is -1.99. The quantitative estimate of drug-likeness (QED) is 0.432. The number of H-pyrrole nitrogens is 1. The predicted octanol–water partition coefficient (Wildman–Crippen LogP) is 5.53. The van der Waals surface area contributed by atoms with Crippen LogP contribution in [-0.4, -0.2) is 26.0 Å². The van der Waals surface area contributed by atoms with Crippen LogP contribution in [-0.2, 0) is 4.79 Å². The summed E-state index contributed by atoms with van der Waals surface area (Å²) in [7, 11) is 0. The SMILES string of the molecule is C1CC1.CC(C)c1c(F)c(Cl)c(-c2ccc3nc(NC=O)cn3c2)c2cn[nH]c12. The molecule has 1 amide bonds. The summed E-state index contributed by atoms with van der Waals surface area (Å²) < 4.78 is 16.7. The molecule has 1 saturated carbocycles. The van der Waals surface area contributed by atoms with E-state index in [1.807, 2.05) is 19.9 Å². The Hall–Kier alpha value is -2.93. The van der Waals surface area contributed by atoms with E-state index in [1.54, 1.807) is 29.1 Å². The molecule has 6 nitrogen and oxygen atoms in total. The van der Waals surface area contributed by atoms with E-state index in [0.29, 0.717) is 34.5 Å². The van der Waals surface area contributed by atoms with Crippen molar-refractivity contribution in [3.8, 4) is 11.1 Å². The molecule has 0 radical (unpaired) electrons. The second-order valence-electron chi connectivity index (χ2n) is 7.36. The van der Waals surface area contributed by atoms with Crippen LogP contribution in [0, 0.1) is 5.82 Å². The van der Waals surface area contributed by atoms with E-state index in [-0.39, 0.29) is 10.9 Å². The number of carbonyl (C=O) groups excluding carboxylic acids is 1. The number of nitrogens with zero attached hydrogens (tertiary/aromatic N) is 3. The van der Waals surface area contributed by atoms with Gasteiger partial charge in [-0.05, 0) is 18.1 Å². The van der Waals surface area contributed by atoms with Crippen LogP contribution >= 0.6 is 11.6 Å². The van der Waals surface area contributed by atoms with Crippen LogP contribution in [0.15, 0.2) is 30.7 Å². The van der Waals surface area contributed by atoms with Crippen molar-refractivity contribution in [1.82, 2.24) is 19.6 Å². The number of pyridine rings is 1. The fourth-order valence-corrected chi connectivity index (χ4v) is 3.54. The minimum atomic E-state index is -0.442. The molecule has 2 N–H and O–H groups in total. The minimum Gasteiger partial charge on any atom is -0.312 e. The first-order chi connectivity index (χ1) is 14.0. The Morgan fingerprint density at radius 3 is 2.69 bits per heavy atom. The summed E-state index contributed by atoms with van der Waals surface area (Å²) in [6.45, 7) is 3.82. The number of aromatic amines is 1. The van der Waals surface area contributed by atoms with E-state index in [4.69, 9.17) is 11.6 Å². The highest BCUT2D eigenvalue weighted by Crippen LogP contribution is 2.41. The lowest BCUT2D eigenvalue weighted by Gasteiger charge is -2.14. The lowest BCUT2D eigenvalue weighted by atomic mass is 9.94. The normalized spacial score (nSPS) is 12.9. The van der Waals surface area contributed by atoms with E-state index >= 15 is 0 Å². The standard InChI is InChI=1S/C18H15ClFN5O.C3H6/c1-9(2)14-17(20)16(19)15(11-5-22-24-18(11)14)10-3-4-13-23-12(21-8-26)7-25(13)6-10;1-2-3-1/h3-9H,1-2H3,(H,21,26)(H,22,24);1-3H2. The molecule has 1 aromatic carbocycles. The third kappa shape index (κ3) is 3.70. The number of aromatic nitrogens is 4. The monoisotopic (exact) mass is 413 g/mol. The largest absolute Gasteiger partial charge is 0.312 e. The van der Waals surface area contributed by atoms with Gasteiger partial charge in [-0.3, -0.25) is 9.89 Å². The van der Waals surface area contributed by atoms with Crippen LogP contribution in [0.4, 0.5) is 10.2 Å². The summed E-state index contributed by atoms with van der Waals surface area (Å²) in [6, 6.07) is 3.59. The number of hydrogen-bond acceptors (Lipinski definition) is 3. The number of imidazole rings is 1. The summed E-state index contributed by atoms with van der Waals surface area (Å²) >= 11 is 6.42. The molecule has 5 rings (SSSR count). The van der Waals surface area contributed by atoms with Crippen molar-refractivity contribution in [2.75, 3.05) is 5.32 Å². The second kappa shape index (κ2) is 7.83. The number of hydrogen-bond donors (Lipinski definition) is 2. The highest BCUT2D eigenvalue weighted by atomic mass is 35.5.